The first-order valence-corrected chi connectivity index (χ1v) is 10.1. The molecule has 2 amide bonds. The summed E-state index contributed by atoms with van der Waals surface area (Å²) in [7, 11) is 0. The minimum Gasteiger partial charge on any atom is -0.443 e. The molecule has 2 saturated heterocycles. The zero-order valence-corrected chi connectivity index (χ0v) is 16.5. The van der Waals surface area contributed by atoms with E-state index in [4.69, 9.17) is 9.47 Å². The van der Waals surface area contributed by atoms with Gasteiger partial charge in [0.05, 0.1) is 13.2 Å². The van der Waals surface area contributed by atoms with Gasteiger partial charge in [-0.25, -0.2) is 4.79 Å². The van der Waals surface area contributed by atoms with E-state index in [0.717, 1.165) is 17.9 Å². The van der Waals surface area contributed by atoms with Crippen molar-refractivity contribution in [1.82, 2.24) is 5.32 Å². The van der Waals surface area contributed by atoms with Gasteiger partial charge >= 0.3 is 6.09 Å². The van der Waals surface area contributed by atoms with Gasteiger partial charge < -0.3 is 19.7 Å². The van der Waals surface area contributed by atoms with E-state index in [1.807, 2.05) is 24.3 Å². The van der Waals surface area contributed by atoms with E-state index in [2.05, 4.69) is 24.4 Å². The Morgan fingerprint density at radius 2 is 1.86 bits per heavy atom. The molecule has 1 aromatic heterocycles. The summed E-state index contributed by atoms with van der Waals surface area (Å²) in [5.41, 5.74) is 1.58. The maximum atomic E-state index is 12.3. The molecule has 0 aliphatic carbocycles. The average molecular weight is 401 g/mol. The number of ether oxygens (including phenoxy) is 2. The van der Waals surface area contributed by atoms with Crippen LogP contribution in [0.1, 0.15) is 9.75 Å². The maximum Gasteiger partial charge on any atom is 0.414 e. The molecule has 0 saturated carbocycles. The van der Waals surface area contributed by atoms with Crippen LogP contribution in [-0.2, 0) is 20.8 Å². The second-order valence-corrected chi connectivity index (χ2v) is 8.25. The summed E-state index contributed by atoms with van der Waals surface area (Å²) >= 11 is 1.76. The summed E-state index contributed by atoms with van der Waals surface area (Å²) in [6, 6.07) is 11.6. The number of hydrogen-bond acceptors (Lipinski definition) is 6. The lowest BCUT2D eigenvalue weighted by atomic mass is 10.2. The molecule has 2 aromatic rings. The summed E-state index contributed by atoms with van der Waals surface area (Å²) in [5.74, 6) is -0.0494. The molecule has 1 aromatic carbocycles. The fraction of sp³-hybridized carbons (Fsp3) is 0.400. The van der Waals surface area contributed by atoms with Crippen LogP contribution in [0.2, 0.25) is 0 Å². The zero-order valence-electron chi connectivity index (χ0n) is 15.7. The molecule has 28 heavy (non-hydrogen) atoms. The van der Waals surface area contributed by atoms with Crippen LogP contribution < -0.4 is 15.1 Å². The number of carbonyl (C=O) groups excluding carboxylic acids is 2. The number of amides is 2. The third-order valence-corrected chi connectivity index (χ3v) is 5.80. The van der Waals surface area contributed by atoms with Crippen LogP contribution in [-0.4, -0.2) is 51.0 Å². The van der Waals surface area contributed by atoms with Gasteiger partial charge in [0.25, 0.3) is 5.91 Å². The molecular weight excluding hydrogens is 378 g/mol. The molecule has 4 rings (SSSR count). The lowest BCUT2D eigenvalue weighted by Crippen LogP contribution is -2.41. The van der Waals surface area contributed by atoms with Crippen molar-refractivity contribution in [3.05, 3.63) is 46.2 Å². The number of rotatable bonds is 6. The molecule has 0 radical (unpaired) electrons. The first-order valence-electron chi connectivity index (χ1n) is 9.32. The summed E-state index contributed by atoms with van der Waals surface area (Å²) in [6.07, 6.45) is -0.525. The Bertz CT molecular complexity index is 851. The van der Waals surface area contributed by atoms with Gasteiger partial charge in [0.2, 0.25) is 0 Å². The van der Waals surface area contributed by atoms with Gasteiger partial charge in [0, 0.05) is 40.8 Å². The Morgan fingerprint density at radius 1 is 1.11 bits per heavy atom. The Balaban J connectivity index is 1.32. The van der Waals surface area contributed by atoms with Crippen molar-refractivity contribution in [1.29, 1.82) is 0 Å². The van der Waals surface area contributed by atoms with Crippen molar-refractivity contribution in [2.24, 2.45) is 0 Å². The van der Waals surface area contributed by atoms with Gasteiger partial charge in [0.1, 0.15) is 12.7 Å². The van der Waals surface area contributed by atoms with E-state index in [0.29, 0.717) is 26.2 Å². The first-order chi connectivity index (χ1) is 13.6. The SMILES string of the molecule is Cc1ccc(CNCC2CN(c3ccc(N4CCOCC4=O)cc3)C(=O)O2)s1. The minimum absolute atomic E-state index is 0.0494. The normalized spacial score (nSPS) is 20.0. The fourth-order valence-corrected chi connectivity index (χ4v) is 4.24. The topological polar surface area (TPSA) is 71.1 Å². The number of hydrogen-bond donors (Lipinski definition) is 1. The van der Waals surface area contributed by atoms with Crippen molar-refractivity contribution < 1.29 is 19.1 Å². The monoisotopic (exact) mass is 401 g/mol. The largest absolute Gasteiger partial charge is 0.443 e. The third kappa shape index (κ3) is 4.19. The molecule has 2 aliphatic rings. The van der Waals surface area contributed by atoms with E-state index in [-0.39, 0.29) is 24.7 Å². The number of benzene rings is 1. The quantitative estimate of drug-likeness (QED) is 0.806. The van der Waals surface area contributed by atoms with Crippen LogP contribution in [0.3, 0.4) is 0 Å². The molecule has 1 N–H and O–H groups in total. The minimum atomic E-state index is -0.339. The van der Waals surface area contributed by atoms with E-state index >= 15 is 0 Å². The van der Waals surface area contributed by atoms with Crippen LogP contribution >= 0.6 is 11.3 Å². The highest BCUT2D eigenvalue weighted by atomic mass is 32.1. The standard InChI is InChI=1S/C20H23N3O4S/c1-14-2-7-18(28-14)11-21-10-17-12-23(20(25)27-17)16-5-3-15(4-6-16)22-8-9-26-13-19(22)24/h2-7,17,21H,8-13H2,1H3. The molecule has 2 fully saturated rings. The Morgan fingerprint density at radius 3 is 2.54 bits per heavy atom. The number of cyclic esters (lactones) is 1. The Kier molecular flexibility index (Phi) is 5.61. The van der Waals surface area contributed by atoms with Crippen LogP contribution in [0.5, 0.6) is 0 Å². The molecule has 0 bridgehead atoms. The molecule has 2 aliphatic heterocycles. The van der Waals surface area contributed by atoms with Crippen molar-refractivity contribution in [3.8, 4) is 0 Å². The summed E-state index contributed by atoms with van der Waals surface area (Å²) in [6.45, 7) is 5.16. The number of thiophene rings is 1. The molecular formula is C20H23N3O4S. The predicted octanol–water partition coefficient (Wildman–Crippen LogP) is 2.53. The zero-order chi connectivity index (χ0) is 19.5. The number of nitrogens with zero attached hydrogens (tertiary/aromatic N) is 2. The van der Waals surface area contributed by atoms with Gasteiger partial charge in [-0.3, -0.25) is 9.69 Å². The number of nitrogens with one attached hydrogen (secondary N) is 1. The number of anilines is 2. The third-order valence-electron chi connectivity index (χ3n) is 4.80. The molecule has 7 nitrogen and oxygen atoms in total. The first kappa shape index (κ1) is 18.9. The van der Waals surface area contributed by atoms with Crippen LogP contribution in [0, 0.1) is 6.92 Å². The molecule has 3 heterocycles. The molecule has 148 valence electrons. The van der Waals surface area contributed by atoms with Crippen molar-refractivity contribution in [3.63, 3.8) is 0 Å². The lowest BCUT2D eigenvalue weighted by Gasteiger charge is -2.27. The van der Waals surface area contributed by atoms with Gasteiger partial charge in [-0.15, -0.1) is 11.3 Å². The second-order valence-electron chi connectivity index (χ2n) is 6.87. The number of aryl methyl sites for hydroxylation is 1. The maximum absolute atomic E-state index is 12.3. The van der Waals surface area contributed by atoms with Crippen LogP contribution in [0.4, 0.5) is 16.2 Å². The fourth-order valence-electron chi connectivity index (χ4n) is 3.38. The van der Waals surface area contributed by atoms with E-state index < -0.39 is 0 Å². The van der Waals surface area contributed by atoms with Crippen LogP contribution in [0.15, 0.2) is 36.4 Å². The highest BCUT2D eigenvalue weighted by Crippen LogP contribution is 2.25. The highest BCUT2D eigenvalue weighted by molar-refractivity contribution is 7.11. The number of carbonyl (C=O) groups is 2. The van der Waals surface area contributed by atoms with Crippen LogP contribution in [0.25, 0.3) is 0 Å². The lowest BCUT2D eigenvalue weighted by molar-refractivity contribution is -0.125. The molecule has 1 unspecified atom stereocenters. The van der Waals surface area contributed by atoms with Crippen molar-refractivity contribution >= 4 is 34.7 Å². The molecule has 8 heteroatoms. The Labute approximate surface area is 167 Å². The van der Waals surface area contributed by atoms with Gasteiger partial charge in [-0.2, -0.15) is 0 Å². The van der Waals surface area contributed by atoms with E-state index in [1.54, 1.807) is 21.1 Å². The summed E-state index contributed by atoms with van der Waals surface area (Å²) in [5, 5.41) is 3.36. The van der Waals surface area contributed by atoms with E-state index in [1.165, 1.54) is 9.75 Å². The van der Waals surface area contributed by atoms with Gasteiger partial charge in [0.15, 0.2) is 0 Å². The van der Waals surface area contributed by atoms with Gasteiger partial charge in [-0.1, -0.05) is 0 Å². The van der Waals surface area contributed by atoms with Gasteiger partial charge in [-0.05, 0) is 43.3 Å². The average Bonchev–Trinajstić information content (AvgIpc) is 3.28. The summed E-state index contributed by atoms with van der Waals surface area (Å²) < 4.78 is 10.6. The smallest absolute Gasteiger partial charge is 0.414 e. The Hall–Kier alpha value is -2.42. The second kappa shape index (κ2) is 8.30. The highest BCUT2D eigenvalue weighted by Gasteiger charge is 2.32. The van der Waals surface area contributed by atoms with E-state index in [9.17, 15) is 9.59 Å². The van der Waals surface area contributed by atoms with Crippen molar-refractivity contribution in [2.75, 3.05) is 42.6 Å². The predicted molar refractivity (Wildman–Crippen MR) is 108 cm³/mol. The van der Waals surface area contributed by atoms with Crippen molar-refractivity contribution in [2.45, 2.75) is 19.6 Å². The molecule has 0 spiro atoms. The number of morpholine rings is 1. The molecule has 1 atom stereocenters. The summed E-state index contributed by atoms with van der Waals surface area (Å²) in [4.78, 5) is 30.1.